The summed E-state index contributed by atoms with van der Waals surface area (Å²) in [5, 5.41) is 2.75. The van der Waals surface area contributed by atoms with Crippen molar-refractivity contribution in [2.24, 2.45) is 0 Å². The number of anilines is 1. The molecule has 5 heteroatoms. The van der Waals surface area contributed by atoms with E-state index in [9.17, 15) is 9.59 Å². The van der Waals surface area contributed by atoms with Gasteiger partial charge in [0.05, 0.1) is 13.0 Å². The van der Waals surface area contributed by atoms with E-state index >= 15 is 0 Å². The van der Waals surface area contributed by atoms with Crippen molar-refractivity contribution in [1.29, 1.82) is 0 Å². The number of benzene rings is 2. The predicted octanol–water partition coefficient (Wildman–Crippen LogP) is 3.55. The van der Waals surface area contributed by atoms with Gasteiger partial charge in [-0.05, 0) is 24.6 Å². The van der Waals surface area contributed by atoms with Gasteiger partial charge in [-0.25, -0.2) is 0 Å². The lowest BCUT2D eigenvalue weighted by atomic mass is 10.2. The molecule has 0 aromatic heterocycles. The third kappa shape index (κ3) is 6.12. The fourth-order valence-corrected chi connectivity index (χ4v) is 2.08. The molecule has 0 bridgehead atoms. The summed E-state index contributed by atoms with van der Waals surface area (Å²) >= 11 is 0. The lowest BCUT2D eigenvalue weighted by Gasteiger charge is -2.09. The van der Waals surface area contributed by atoms with Gasteiger partial charge in [-0.2, -0.15) is 0 Å². The molecule has 0 saturated carbocycles. The van der Waals surface area contributed by atoms with Crippen LogP contribution in [-0.2, 0) is 20.9 Å². The van der Waals surface area contributed by atoms with Crippen molar-refractivity contribution in [3.63, 3.8) is 0 Å². The number of hydrogen-bond donors (Lipinski definition) is 1. The summed E-state index contributed by atoms with van der Waals surface area (Å²) in [6, 6.07) is 17.0. The van der Waals surface area contributed by atoms with Gasteiger partial charge < -0.3 is 14.8 Å². The van der Waals surface area contributed by atoms with Gasteiger partial charge in [0, 0.05) is 18.2 Å². The Morgan fingerprint density at radius 2 is 1.79 bits per heavy atom. The molecule has 0 heterocycles. The largest absolute Gasteiger partial charge is 0.489 e. The third-order valence-corrected chi connectivity index (χ3v) is 3.23. The number of ether oxygens (including phenoxy) is 2. The van der Waals surface area contributed by atoms with Crippen LogP contribution in [0.2, 0.25) is 0 Å². The number of amides is 1. The number of hydrogen-bond acceptors (Lipinski definition) is 4. The summed E-state index contributed by atoms with van der Waals surface area (Å²) in [4.78, 5) is 23.1. The molecule has 0 spiro atoms. The second-order valence-electron chi connectivity index (χ2n) is 5.16. The van der Waals surface area contributed by atoms with Crippen molar-refractivity contribution in [3.05, 3.63) is 60.2 Å². The van der Waals surface area contributed by atoms with Crippen molar-refractivity contribution in [2.75, 3.05) is 11.9 Å². The van der Waals surface area contributed by atoms with Crippen molar-refractivity contribution >= 4 is 17.6 Å². The Morgan fingerprint density at radius 1 is 1.00 bits per heavy atom. The highest BCUT2D eigenvalue weighted by Crippen LogP contribution is 2.19. The van der Waals surface area contributed by atoms with Crippen molar-refractivity contribution in [3.8, 4) is 5.75 Å². The highest BCUT2D eigenvalue weighted by Gasteiger charge is 2.08. The average molecular weight is 327 g/mol. The van der Waals surface area contributed by atoms with Crippen LogP contribution in [-0.4, -0.2) is 18.5 Å². The first-order valence-electron chi connectivity index (χ1n) is 7.89. The van der Waals surface area contributed by atoms with Gasteiger partial charge in [0.15, 0.2) is 0 Å². The van der Waals surface area contributed by atoms with E-state index < -0.39 is 0 Å². The molecule has 0 radical (unpaired) electrons. The molecule has 0 fully saturated rings. The summed E-state index contributed by atoms with van der Waals surface area (Å²) < 4.78 is 10.5. The second-order valence-corrected chi connectivity index (χ2v) is 5.16. The zero-order valence-electron chi connectivity index (χ0n) is 13.7. The normalized spacial score (nSPS) is 10.0. The summed E-state index contributed by atoms with van der Waals surface area (Å²) in [6.07, 6.45) is 0.164. The predicted molar refractivity (Wildman–Crippen MR) is 91.7 cm³/mol. The highest BCUT2D eigenvalue weighted by atomic mass is 16.5. The van der Waals surface area contributed by atoms with Crippen LogP contribution in [0.4, 0.5) is 5.69 Å². The van der Waals surface area contributed by atoms with Gasteiger partial charge in [0.25, 0.3) is 0 Å². The standard InChI is InChI=1S/C19H21NO4/c1-2-23-19(22)12-11-18(21)20-16-9-6-10-17(13-16)24-14-15-7-4-3-5-8-15/h3-10,13H,2,11-12,14H2,1H3,(H,20,21). The van der Waals surface area contributed by atoms with E-state index in [1.807, 2.05) is 36.4 Å². The van der Waals surface area contributed by atoms with E-state index in [1.54, 1.807) is 25.1 Å². The van der Waals surface area contributed by atoms with Gasteiger partial charge in [0.1, 0.15) is 12.4 Å². The minimum absolute atomic E-state index is 0.0733. The minimum Gasteiger partial charge on any atom is -0.489 e. The first-order chi connectivity index (χ1) is 11.7. The zero-order chi connectivity index (χ0) is 17.2. The number of rotatable bonds is 8. The van der Waals surface area contributed by atoms with E-state index in [4.69, 9.17) is 9.47 Å². The Bertz CT molecular complexity index is 670. The Balaban J connectivity index is 1.83. The van der Waals surface area contributed by atoms with Crippen LogP contribution < -0.4 is 10.1 Å². The molecule has 0 aliphatic carbocycles. The molecule has 0 atom stereocenters. The monoisotopic (exact) mass is 327 g/mol. The Kier molecular flexibility index (Phi) is 6.83. The van der Waals surface area contributed by atoms with Crippen molar-refractivity contribution < 1.29 is 19.1 Å². The topological polar surface area (TPSA) is 64.6 Å². The molecular formula is C19H21NO4. The smallest absolute Gasteiger partial charge is 0.306 e. The zero-order valence-corrected chi connectivity index (χ0v) is 13.7. The summed E-state index contributed by atoms with van der Waals surface area (Å²) in [5.74, 6) is 0.0675. The Labute approximate surface area is 141 Å². The quantitative estimate of drug-likeness (QED) is 0.753. The molecule has 0 unspecified atom stereocenters. The summed E-state index contributed by atoms with van der Waals surface area (Å²) in [7, 11) is 0. The summed E-state index contributed by atoms with van der Waals surface area (Å²) in [6.45, 7) is 2.52. The van der Waals surface area contributed by atoms with E-state index in [2.05, 4.69) is 5.32 Å². The second kappa shape index (κ2) is 9.35. The maximum Gasteiger partial charge on any atom is 0.306 e. The molecule has 126 valence electrons. The number of carbonyl (C=O) groups excluding carboxylic acids is 2. The van der Waals surface area contributed by atoms with Crippen LogP contribution in [0.3, 0.4) is 0 Å². The molecule has 0 saturated heterocycles. The van der Waals surface area contributed by atoms with Crippen LogP contribution in [0.1, 0.15) is 25.3 Å². The minimum atomic E-state index is -0.368. The highest BCUT2D eigenvalue weighted by molar-refractivity contribution is 5.92. The van der Waals surface area contributed by atoms with Gasteiger partial charge in [-0.3, -0.25) is 9.59 Å². The first-order valence-corrected chi connectivity index (χ1v) is 7.89. The van der Waals surface area contributed by atoms with Crippen LogP contribution >= 0.6 is 0 Å². The van der Waals surface area contributed by atoms with Crippen LogP contribution in [0.5, 0.6) is 5.75 Å². The average Bonchev–Trinajstić information content (AvgIpc) is 2.60. The summed E-state index contributed by atoms with van der Waals surface area (Å²) in [5.41, 5.74) is 1.70. The van der Waals surface area contributed by atoms with Crippen LogP contribution in [0.25, 0.3) is 0 Å². The lowest BCUT2D eigenvalue weighted by Crippen LogP contribution is -2.14. The van der Waals surface area contributed by atoms with Gasteiger partial charge in [0.2, 0.25) is 5.91 Å². The fourth-order valence-electron chi connectivity index (χ4n) is 2.08. The van der Waals surface area contributed by atoms with Gasteiger partial charge in [-0.15, -0.1) is 0 Å². The maximum atomic E-state index is 11.9. The molecule has 24 heavy (non-hydrogen) atoms. The van der Waals surface area contributed by atoms with Crippen LogP contribution in [0, 0.1) is 0 Å². The fraction of sp³-hybridized carbons (Fsp3) is 0.263. The van der Waals surface area contributed by atoms with E-state index in [-0.39, 0.29) is 24.7 Å². The van der Waals surface area contributed by atoms with Crippen molar-refractivity contribution in [2.45, 2.75) is 26.4 Å². The molecule has 1 N–H and O–H groups in total. The van der Waals surface area contributed by atoms with Gasteiger partial charge in [-0.1, -0.05) is 36.4 Å². The van der Waals surface area contributed by atoms with E-state index in [0.717, 1.165) is 5.56 Å². The Hall–Kier alpha value is -2.82. The molecule has 0 aliphatic heterocycles. The molecule has 5 nitrogen and oxygen atoms in total. The van der Waals surface area contributed by atoms with Gasteiger partial charge >= 0.3 is 5.97 Å². The van der Waals surface area contributed by atoms with E-state index in [1.165, 1.54) is 0 Å². The molecular weight excluding hydrogens is 306 g/mol. The third-order valence-electron chi connectivity index (χ3n) is 3.23. The first kappa shape index (κ1) is 17.5. The number of nitrogens with one attached hydrogen (secondary N) is 1. The molecule has 0 aliphatic rings. The molecule has 1 amide bonds. The number of carbonyl (C=O) groups is 2. The van der Waals surface area contributed by atoms with E-state index in [0.29, 0.717) is 24.7 Å². The molecule has 2 aromatic carbocycles. The van der Waals surface area contributed by atoms with Crippen LogP contribution in [0.15, 0.2) is 54.6 Å². The molecule has 2 rings (SSSR count). The van der Waals surface area contributed by atoms with Crippen molar-refractivity contribution in [1.82, 2.24) is 0 Å². The number of esters is 1. The maximum absolute atomic E-state index is 11.9. The lowest BCUT2D eigenvalue weighted by molar-refractivity contribution is -0.144. The molecule has 2 aromatic rings. The SMILES string of the molecule is CCOC(=O)CCC(=O)Nc1cccc(OCc2ccccc2)c1. The Morgan fingerprint density at radius 3 is 2.54 bits per heavy atom.